The summed E-state index contributed by atoms with van der Waals surface area (Å²) in [5.74, 6) is 4.94. The quantitative estimate of drug-likeness (QED) is 0.883. The lowest BCUT2D eigenvalue weighted by molar-refractivity contribution is 0.409. The average Bonchev–Trinajstić information content (AvgIpc) is 2.85. The van der Waals surface area contributed by atoms with Gasteiger partial charge in [-0.25, -0.2) is 4.39 Å². The van der Waals surface area contributed by atoms with Crippen molar-refractivity contribution in [2.24, 2.45) is 23.7 Å². The Bertz CT molecular complexity index is 544. The zero-order chi connectivity index (χ0) is 13.3. The summed E-state index contributed by atoms with van der Waals surface area (Å²) in [7, 11) is 0. The summed E-state index contributed by atoms with van der Waals surface area (Å²) in [6.07, 6.45) is 5.58. The molecule has 5 unspecified atom stereocenters. The molecule has 1 aliphatic heterocycles. The number of nitrogens with one attached hydrogen (secondary N) is 1. The molecule has 1 N–H and O–H groups in total. The largest absolute Gasteiger partial charge is 0.307 e. The zero-order valence-electron chi connectivity index (χ0n) is 11.5. The molecule has 3 heteroatoms. The zero-order valence-corrected chi connectivity index (χ0v) is 12.3. The van der Waals surface area contributed by atoms with E-state index in [0.29, 0.717) is 6.04 Å². The summed E-state index contributed by atoms with van der Waals surface area (Å²) >= 11 is 1.69. The van der Waals surface area contributed by atoms with E-state index in [9.17, 15) is 4.39 Å². The molecule has 3 saturated carbocycles. The number of halogens is 1. The normalized spacial score (nSPS) is 44.2. The van der Waals surface area contributed by atoms with E-state index in [1.807, 2.05) is 6.07 Å². The third-order valence-corrected chi connectivity index (χ3v) is 7.31. The van der Waals surface area contributed by atoms with Gasteiger partial charge in [0.05, 0.1) is 0 Å². The van der Waals surface area contributed by atoms with Crippen molar-refractivity contribution in [3.05, 3.63) is 29.6 Å². The monoisotopic (exact) mass is 289 g/mol. The lowest BCUT2D eigenvalue weighted by Gasteiger charge is -2.27. The van der Waals surface area contributed by atoms with Crippen LogP contribution in [0.1, 0.15) is 37.3 Å². The fourth-order valence-corrected chi connectivity index (χ4v) is 6.48. The predicted octanol–water partition coefficient (Wildman–Crippen LogP) is 4.00. The minimum Gasteiger partial charge on any atom is -0.307 e. The minimum atomic E-state index is -0.0324. The molecule has 106 valence electrons. The molecule has 3 aliphatic carbocycles. The second kappa shape index (κ2) is 4.23. The van der Waals surface area contributed by atoms with Crippen molar-refractivity contribution in [2.75, 3.05) is 5.75 Å². The standard InChI is InChI=1S/C17H20FNS/c18-12-3-1-2-11-13(6-7-20-17(11)12)19-16-14-9-4-5-10(8-9)15(14)16/h1-3,9-10,13-16,19H,4-8H2. The Morgan fingerprint density at radius 3 is 2.70 bits per heavy atom. The summed E-state index contributed by atoms with van der Waals surface area (Å²) in [6, 6.07) is 6.71. The van der Waals surface area contributed by atoms with Crippen LogP contribution in [-0.2, 0) is 0 Å². The van der Waals surface area contributed by atoms with E-state index < -0.39 is 0 Å². The van der Waals surface area contributed by atoms with Gasteiger partial charge in [-0.15, -0.1) is 11.8 Å². The van der Waals surface area contributed by atoms with E-state index in [1.165, 1.54) is 24.8 Å². The first kappa shape index (κ1) is 12.0. The molecule has 1 aromatic carbocycles. The number of thioether (sulfide) groups is 1. The van der Waals surface area contributed by atoms with Gasteiger partial charge in [0, 0.05) is 17.0 Å². The summed E-state index contributed by atoms with van der Waals surface area (Å²) in [5.41, 5.74) is 1.21. The molecule has 20 heavy (non-hydrogen) atoms. The van der Waals surface area contributed by atoms with E-state index in [2.05, 4.69) is 11.4 Å². The van der Waals surface area contributed by atoms with Crippen LogP contribution >= 0.6 is 11.8 Å². The smallest absolute Gasteiger partial charge is 0.137 e. The topological polar surface area (TPSA) is 12.0 Å². The Morgan fingerprint density at radius 2 is 1.90 bits per heavy atom. The van der Waals surface area contributed by atoms with Crippen molar-refractivity contribution in [1.82, 2.24) is 5.32 Å². The molecule has 0 aromatic heterocycles. The Morgan fingerprint density at radius 1 is 1.10 bits per heavy atom. The van der Waals surface area contributed by atoms with E-state index in [-0.39, 0.29) is 5.82 Å². The second-order valence-electron chi connectivity index (χ2n) is 7.03. The molecular weight excluding hydrogens is 269 g/mol. The average molecular weight is 289 g/mol. The van der Waals surface area contributed by atoms with Crippen molar-refractivity contribution in [3.63, 3.8) is 0 Å². The number of hydrogen-bond acceptors (Lipinski definition) is 2. The molecule has 0 spiro atoms. The third kappa shape index (κ3) is 1.59. The highest BCUT2D eigenvalue weighted by atomic mass is 32.2. The highest BCUT2D eigenvalue weighted by Crippen LogP contribution is 2.66. The van der Waals surface area contributed by atoms with Crippen molar-refractivity contribution < 1.29 is 4.39 Å². The maximum atomic E-state index is 13.9. The highest BCUT2D eigenvalue weighted by Gasteiger charge is 2.65. The summed E-state index contributed by atoms with van der Waals surface area (Å²) in [5, 5.41) is 3.90. The van der Waals surface area contributed by atoms with Crippen LogP contribution in [0, 0.1) is 29.5 Å². The van der Waals surface area contributed by atoms with E-state index in [1.54, 1.807) is 17.8 Å². The number of fused-ring (bicyclic) bond motifs is 6. The van der Waals surface area contributed by atoms with Crippen LogP contribution in [0.3, 0.4) is 0 Å². The fourth-order valence-electron chi connectivity index (χ4n) is 5.34. The first-order valence-corrected chi connectivity index (χ1v) is 8.99. The minimum absolute atomic E-state index is 0.0324. The van der Waals surface area contributed by atoms with Crippen LogP contribution in [0.2, 0.25) is 0 Å². The van der Waals surface area contributed by atoms with Gasteiger partial charge in [-0.3, -0.25) is 0 Å². The van der Waals surface area contributed by atoms with Gasteiger partial charge in [0.15, 0.2) is 0 Å². The van der Waals surface area contributed by atoms with Crippen LogP contribution in [0.4, 0.5) is 4.39 Å². The maximum absolute atomic E-state index is 13.9. The van der Waals surface area contributed by atoms with Crippen molar-refractivity contribution in [1.29, 1.82) is 0 Å². The molecule has 0 amide bonds. The number of hydrogen-bond donors (Lipinski definition) is 1. The number of benzene rings is 1. The second-order valence-corrected chi connectivity index (χ2v) is 8.13. The lowest BCUT2D eigenvalue weighted by Crippen LogP contribution is -2.30. The Balaban J connectivity index is 1.38. The Kier molecular flexibility index (Phi) is 2.55. The van der Waals surface area contributed by atoms with Crippen molar-refractivity contribution in [2.45, 2.75) is 42.7 Å². The summed E-state index contributed by atoms with van der Waals surface area (Å²) < 4.78 is 13.9. The molecule has 0 radical (unpaired) electrons. The van der Waals surface area contributed by atoms with Gasteiger partial charge in [-0.05, 0) is 66.7 Å². The van der Waals surface area contributed by atoms with Crippen LogP contribution in [0.25, 0.3) is 0 Å². The van der Waals surface area contributed by atoms with Gasteiger partial charge in [-0.2, -0.15) is 0 Å². The van der Waals surface area contributed by atoms with Crippen LogP contribution in [0.15, 0.2) is 23.1 Å². The summed E-state index contributed by atoms with van der Waals surface area (Å²) in [6.45, 7) is 0. The molecule has 1 aromatic rings. The fraction of sp³-hybridized carbons (Fsp3) is 0.647. The molecule has 1 heterocycles. The van der Waals surface area contributed by atoms with Gasteiger partial charge in [0.2, 0.25) is 0 Å². The maximum Gasteiger partial charge on any atom is 0.137 e. The first-order chi connectivity index (χ1) is 9.83. The van der Waals surface area contributed by atoms with Gasteiger partial charge in [-0.1, -0.05) is 12.1 Å². The molecular formula is C17H20FNS. The van der Waals surface area contributed by atoms with Crippen LogP contribution in [-0.4, -0.2) is 11.8 Å². The van der Waals surface area contributed by atoms with E-state index in [4.69, 9.17) is 0 Å². The van der Waals surface area contributed by atoms with E-state index in [0.717, 1.165) is 46.8 Å². The highest BCUT2D eigenvalue weighted by molar-refractivity contribution is 7.99. The van der Waals surface area contributed by atoms with Crippen molar-refractivity contribution >= 4 is 11.8 Å². The Hall–Kier alpha value is -0.540. The van der Waals surface area contributed by atoms with Crippen LogP contribution in [0.5, 0.6) is 0 Å². The lowest BCUT2D eigenvalue weighted by atomic mass is 10.0. The SMILES string of the molecule is Fc1cccc2c1SCCC2NC1C2C3CCC(C3)C12. The van der Waals surface area contributed by atoms with Gasteiger partial charge >= 0.3 is 0 Å². The molecule has 2 bridgehead atoms. The van der Waals surface area contributed by atoms with E-state index >= 15 is 0 Å². The third-order valence-electron chi connectivity index (χ3n) is 6.15. The van der Waals surface area contributed by atoms with Crippen molar-refractivity contribution in [3.8, 4) is 0 Å². The predicted molar refractivity (Wildman–Crippen MR) is 79.2 cm³/mol. The number of rotatable bonds is 2. The first-order valence-electron chi connectivity index (χ1n) is 8.00. The molecule has 3 fully saturated rings. The molecule has 5 atom stereocenters. The molecule has 0 saturated heterocycles. The molecule has 5 rings (SSSR count). The molecule has 1 nitrogen and oxygen atoms in total. The summed E-state index contributed by atoms with van der Waals surface area (Å²) in [4.78, 5) is 0.894. The van der Waals surface area contributed by atoms with Crippen LogP contribution < -0.4 is 5.32 Å². The van der Waals surface area contributed by atoms with Gasteiger partial charge in [0.1, 0.15) is 5.82 Å². The van der Waals surface area contributed by atoms with Gasteiger partial charge in [0.25, 0.3) is 0 Å². The van der Waals surface area contributed by atoms with Gasteiger partial charge < -0.3 is 5.32 Å². The Labute approximate surface area is 123 Å². The molecule has 4 aliphatic rings.